The number of benzene rings is 1. The Hall–Kier alpha value is -2.21. The van der Waals surface area contributed by atoms with Gasteiger partial charge in [-0.25, -0.2) is 0 Å². The minimum absolute atomic E-state index is 0.124. The first-order chi connectivity index (χ1) is 7.27. The van der Waals surface area contributed by atoms with Crippen LogP contribution in [0.3, 0.4) is 0 Å². The number of aliphatic carboxylic acids is 1. The molecule has 0 radical (unpaired) electrons. The Morgan fingerprint density at radius 3 is 3.07 bits per heavy atom. The number of carbonyl (C=O) groups is 1. The maximum Gasteiger partial charge on any atom is 0.315 e. The van der Waals surface area contributed by atoms with E-state index in [9.17, 15) is 4.79 Å². The molecule has 0 aliphatic rings. The zero-order chi connectivity index (χ0) is 10.7. The van der Waals surface area contributed by atoms with E-state index in [2.05, 4.69) is 16.8 Å². The second-order valence-corrected chi connectivity index (χ2v) is 3.12. The molecule has 0 amide bonds. The lowest BCUT2D eigenvalue weighted by atomic mass is 10.1. The maximum absolute atomic E-state index is 10.3. The highest BCUT2D eigenvalue weighted by Crippen LogP contribution is 2.15. The molecule has 2 rings (SSSR count). The monoisotopic (exact) mass is 199 g/mol. The molecule has 3 nitrogen and oxygen atoms in total. The molecule has 74 valence electrons. The van der Waals surface area contributed by atoms with E-state index in [1.165, 1.54) is 0 Å². The number of fused-ring (bicyclic) bond motifs is 1. The van der Waals surface area contributed by atoms with Crippen molar-refractivity contribution in [1.29, 1.82) is 0 Å². The van der Waals surface area contributed by atoms with Gasteiger partial charge in [0.1, 0.15) is 6.42 Å². The van der Waals surface area contributed by atoms with Crippen LogP contribution in [-0.4, -0.2) is 16.1 Å². The highest BCUT2D eigenvalue weighted by molar-refractivity contribution is 5.85. The fraction of sp³-hybridized carbons (Fsp3) is 0.0833. The van der Waals surface area contributed by atoms with Crippen molar-refractivity contribution in [2.45, 2.75) is 6.42 Å². The van der Waals surface area contributed by atoms with Gasteiger partial charge in [0.05, 0.1) is 0 Å². The summed E-state index contributed by atoms with van der Waals surface area (Å²) < 4.78 is 0. The van der Waals surface area contributed by atoms with E-state index in [0.29, 0.717) is 0 Å². The summed E-state index contributed by atoms with van der Waals surface area (Å²) in [6.07, 6.45) is 1.72. The van der Waals surface area contributed by atoms with Crippen molar-refractivity contribution in [1.82, 2.24) is 4.98 Å². The van der Waals surface area contributed by atoms with Crippen LogP contribution in [-0.2, 0) is 4.79 Å². The summed E-state index contributed by atoms with van der Waals surface area (Å²) in [6.45, 7) is 0. The van der Waals surface area contributed by atoms with Crippen LogP contribution in [0.1, 0.15) is 12.0 Å². The highest BCUT2D eigenvalue weighted by Gasteiger charge is 1.97. The van der Waals surface area contributed by atoms with Crippen LogP contribution in [0.4, 0.5) is 0 Å². The topological polar surface area (TPSA) is 53.1 Å². The van der Waals surface area contributed by atoms with Crippen molar-refractivity contribution in [2.75, 3.05) is 0 Å². The van der Waals surface area contributed by atoms with Crippen LogP contribution in [0.25, 0.3) is 10.9 Å². The average molecular weight is 199 g/mol. The van der Waals surface area contributed by atoms with E-state index >= 15 is 0 Å². The molecule has 2 N–H and O–H groups in total. The third-order valence-corrected chi connectivity index (χ3v) is 2.06. The summed E-state index contributed by atoms with van der Waals surface area (Å²) in [4.78, 5) is 13.4. The smallest absolute Gasteiger partial charge is 0.315 e. The molecule has 3 heteroatoms. The summed E-state index contributed by atoms with van der Waals surface area (Å²) in [7, 11) is 0. The summed E-state index contributed by atoms with van der Waals surface area (Å²) in [6, 6.07) is 7.66. The first kappa shape index (κ1) is 9.35. The summed E-state index contributed by atoms with van der Waals surface area (Å²) in [5.41, 5.74) is 1.87. The normalized spacial score (nSPS) is 9.60. The largest absolute Gasteiger partial charge is 0.481 e. The number of hydrogen-bond donors (Lipinski definition) is 2. The van der Waals surface area contributed by atoms with E-state index in [-0.39, 0.29) is 6.42 Å². The van der Waals surface area contributed by atoms with Crippen LogP contribution in [0.15, 0.2) is 30.5 Å². The number of hydrogen-bond acceptors (Lipinski definition) is 1. The predicted octanol–water partition coefficient (Wildman–Crippen LogP) is 1.99. The molecule has 1 aromatic heterocycles. The highest BCUT2D eigenvalue weighted by atomic mass is 16.4. The average Bonchev–Trinajstić information content (AvgIpc) is 2.65. The standard InChI is InChI=1S/C12H9NO2/c14-12(15)6-2-4-9-3-1-5-11-10(9)7-8-13-11/h1,3,5,7-8,13H,6H2,(H,14,15). The summed E-state index contributed by atoms with van der Waals surface area (Å²) in [5, 5.41) is 9.48. The molecule has 0 unspecified atom stereocenters. The van der Waals surface area contributed by atoms with Crippen molar-refractivity contribution in [3.63, 3.8) is 0 Å². The van der Waals surface area contributed by atoms with Gasteiger partial charge in [-0.2, -0.15) is 0 Å². The fourth-order valence-corrected chi connectivity index (χ4v) is 1.41. The third kappa shape index (κ3) is 2.00. The fourth-order valence-electron chi connectivity index (χ4n) is 1.41. The van der Waals surface area contributed by atoms with E-state index in [1.807, 2.05) is 30.5 Å². The second kappa shape index (κ2) is 3.89. The first-order valence-electron chi connectivity index (χ1n) is 4.54. The van der Waals surface area contributed by atoms with E-state index in [0.717, 1.165) is 16.5 Å². The van der Waals surface area contributed by atoms with Gasteiger partial charge in [-0.15, -0.1) is 0 Å². The van der Waals surface area contributed by atoms with Crippen molar-refractivity contribution in [3.8, 4) is 11.8 Å². The second-order valence-electron chi connectivity index (χ2n) is 3.12. The SMILES string of the molecule is O=C(O)CC#Cc1cccc2[nH]ccc12. The predicted molar refractivity (Wildman–Crippen MR) is 57.4 cm³/mol. The molecule has 0 spiro atoms. The number of carboxylic acids is 1. The van der Waals surface area contributed by atoms with Crippen LogP contribution < -0.4 is 0 Å². The molecule has 0 aliphatic heterocycles. The Bertz CT molecular complexity index is 557. The number of carboxylic acid groups (broad SMARTS) is 1. The number of nitrogens with one attached hydrogen (secondary N) is 1. The Morgan fingerprint density at radius 2 is 2.27 bits per heavy atom. The molecule has 0 saturated heterocycles. The van der Waals surface area contributed by atoms with Crippen LogP contribution in [0.5, 0.6) is 0 Å². The lowest BCUT2D eigenvalue weighted by Crippen LogP contribution is -1.90. The van der Waals surface area contributed by atoms with Gasteiger partial charge in [0.15, 0.2) is 0 Å². The van der Waals surface area contributed by atoms with Crippen LogP contribution in [0.2, 0.25) is 0 Å². The van der Waals surface area contributed by atoms with Gasteiger partial charge in [-0.1, -0.05) is 17.9 Å². The first-order valence-corrected chi connectivity index (χ1v) is 4.54. The van der Waals surface area contributed by atoms with Gasteiger partial charge in [0.2, 0.25) is 0 Å². The van der Waals surface area contributed by atoms with Gasteiger partial charge < -0.3 is 10.1 Å². The van der Waals surface area contributed by atoms with Crippen molar-refractivity contribution >= 4 is 16.9 Å². The Morgan fingerprint density at radius 1 is 1.40 bits per heavy atom. The van der Waals surface area contributed by atoms with E-state index in [1.54, 1.807) is 0 Å². The Balaban J connectivity index is 2.37. The zero-order valence-electron chi connectivity index (χ0n) is 7.95. The zero-order valence-corrected chi connectivity index (χ0v) is 7.95. The van der Waals surface area contributed by atoms with Gasteiger partial charge in [-0.3, -0.25) is 4.79 Å². The van der Waals surface area contributed by atoms with Crippen LogP contribution >= 0.6 is 0 Å². The molecule has 15 heavy (non-hydrogen) atoms. The van der Waals surface area contributed by atoms with Crippen molar-refractivity contribution in [2.24, 2.45) is 0 Å². The molecule has 0 atom stereocenters. The van der Waals surface area contributed by atoms with Gasteiger partial charge in [0.25, 0.3) is 0 Å². The lowest BCUT2D eigenvalue weighted by Gasteiger charge is -1.92. The summed E-state index contributed by atoms with van der Waals surface area (Å²) in [5.74, 6) is 4.57. The lowest BCUT2D eigenvalue weighted by molar-refractivity contribution is -0.135. The number of aromatic nitrogens is 1. The molecular formula is C12H9NO2. The minimum Gasteiger partial charge on any atom is -0.481 e. The Kier molecular flexibility index (Phi) is 2.42. The molecule has 2 aromatic rings. The van der Waals surface area contributed by atoms with Crippen LogP contribution in [0, 0.1) is 11.8 Å². The van der Waals surface area contributed by atoms with Crippen molar-refractivity contribution < 1.29 is 9.90 Å². The number of H-pyrrole nitrogens is 1. The number of aromatic amines is 1. The quantitative estimate of drug-likeness (QED) is 0.690. The number of rotatable bonds is 1. The van der Waals surface area contributed by atoms with Gasteiger partial charge >= 0.3 is 5.97 Å². The third-order valence-electron chi connectivity index (χ3n) is 2.06. The molecule has 0 saturated carbocycles. The van der Waals surface area contributed by atoms with Gasteiger partial charge in [-0.05, 0) is 18.2 Å². The summed E-state index contributed by atoms with van der Waals surface area (Å²) >= 11 is 0. The minimum atomic E-state index is -0.899. The molecule has 1 heterocycles. The molecule has 0 bridgehead atoms. The molecule has 0 fully saturated rings. The van der Waals surface area contributed by atoms with Crippen molar-refractivity contribution in [3.05, 3.63) is 36.0 Å². The van der Waals surface area contributed by atoms with E-state index in [4.69, 9.17) is 5.11 Å². The molecule has 1 aromatic carbocycles. The maximum atomic E-state index is 10.3. The Labute approximate surface area is 86.7 Å². The molecular weight excluding hydrogens is 190 g/mol. The van der Waals surface area contributed by atoms with Gasteiger partial charge in [0, 0.05) is 22.7 Å². The molecule has 0 aliphatic carbocycles. The van der Waals surface area contributed by atoms with E-state index < -0.39 is 5.97 Å².